The molecular formula is C10H15BrN2. The van der Waals surface area contributed by atoms with Crippen molar-refractivity contribution in [3.63, 3.8) is 0 Å². The molecule has 0 aliphatic carbocycles. The van der Waals surface area contributed by atoms with Gasteiger partial charge in [0.25, 0.3) is 0 Å². The Morgan fingerprint density at radius 1 is 1.31 bits per heavy atom. The molecule has 0 radical (unpaired) electrons. The molecule has 1 aliphatic rings. The van der Waals surface area contributed by atoms with Gasteiger partial charge < -0.3 is 4.98 Å². The normalized spacial score (nSPS) is 19.2. The van der Waals surface area contributed by atoms with Crippen LogP contribution in [-0.2, 0) is 6.54 Å². The molecule has 1 aromatic rings. The van der Waals surface area contributed by atoms with Crippen LogP contribution < -0.4 is 0 Å². The van der Waals surface area contributed by atoms with Gasteiger partial charge in [0, 0.05) is 12.7 Å². The number of nitrogens with one attached hydrogen (secondary N) is 1. The minimum Gasteiger partial charge on any atom is -0.356 e. The molecule has 1 fully saturated rings. The molecule has 2 rings (SSSR count). The molecule has 0 atom stereocenters. The molecule has 0 aromatic carbocycles. The van der Waals surface area contributed by atoms with E-state index in [9.17, 15) is 0 Å². The van der Waals surface area contributed by atoms with Crippen LogP contribution in [0.2, 0.25) is 0 Å². The van der Waals surface area contributed by atoms with E-state index in [1.807, 2.05) is 0 Å². The van der Waals surface area contributed by atoms with Crippen molar-refractivity contribution in [2.24, 2.45) is 0 Å². The number of nitrogens with zero attached hydrogens (tertiary/aromatic N) is 1. The number of hydrogen-bond donors (Lipinski definition) is 1. The van der Waals surface area contributed by atoms with E-state index in [1.54, 1.807) is 0 Å². The maximum Gasteiger partial charge on any atom is 0.0823 e. The molecule has 1 aromatic heterocycles. The summed E-state index contributed by atoms with van der Waals surface area (Å²) < 4.78 is 1.08. The number of aromatic amines is 1. The Balaban J connectivity index is 1.89. The summed E-state index contributed by atoms with van der Waals surface area (Å²) in [7, 11) is 0. The zero-order valence-electron chi connectivity index (χ0n) is 7.72. The Morgan fingerprint density at radius 2 is 2.08 bits per heavy atom. The number of halogens is 1. The molecule has 0 saturated carbocycles. The van der Waals surface area contributed by atoms with Crippen LogP contribution in [-0.4, -0.2) is 23.0 Å². The lowest BCUT2D eigenvalue weighted by atomic mass is 10.1. The summed E-state index contributed by atoms with van der Waals surface area (Å²) >= 11 is 3.42. The van der Waals surface area contributed by atoms with Gasteiger partial charge in [-0.25, -0.2) is 0 Å². The molecule has 0 unspecified atom stereocenters. The molecular weight excluding hydrogens is 228 g/mol. The van der Waals surface area contributed by atoms with Crippen LogP contribution in [0.25, 0.3) is 0 Å². The largest absolute Gasteiger partial charge is 0.356 e. The second kappa shape index (κ2) is 4.29. The van der Waals surface area contributed by atoms with Crippen LogP contribution in [0.4, 0.5) is 0 Å². The highest BCUT2D eigenvalue weighted by molar-refractivity contribution is 9.10. The van der Waals surface area contributed by atoms with Crippen molar-refractivity contribution in [1.29, 1.82) is 0 Å². The molecule has 2 nitrogen and oxygen atoms in total. The van der Waals surface area contributed by atoms with Gasteiger partial charge in [0.05, 0.1) is 4.60 Å². The molecule has 3 heteroatoms. The zero-order valence-corrected chi connectivity index (χ0v) is 9.31. The van der Waals surface area contributed by atoms with Crippen molar-refractivity contribution in [3.05, 3.63) is 22.4 Å². The molecule has 0 spiro atoms. The van der Waals surface area contributed by atoms with Gasteiger partial charge in [-0.1, -0.05) is 6.42 Å². The fraction of sp³-hybridized carbons (Fsp3) is 0.600. The van der Waals surface area contributed by atoms with Crippen LogP contribution in [0, 0.1) is 0 Å². The van der Waals surface area contributed by atoms with E-state index < -0.39 is 0 Å². The number of likely N-dealkylation sites (tertiary alicyclic amines) is 1. The second-order valence-corrected chi connectivity index (χ2v) is 4.55. The van der Waals surface area contributed by atoms with Gasteiger partial charge >= 0.3 is 0 Å². The highest BCUT2D eigenvalue weighted by Crippen LogP contribution is 2.15. The topological polar surface area (TPSA) is 19.0 Å². The summed E-state index contributed by atoms with van der Waals surface area (Å²) in [4.78, 5) is 5.68. The van der Waals surface area contributed by atoms with E-state index in [0.29, 0.717) is 0 Å². The van der Waals surface area contributed by atoms with Crippen molar-refractivity contribution in [2.45, 2.75) is 25.8 Å². The lowest BCUT2D eigenvalue weighted by molar-refractivity contribution is 0.221. The van der Waals surface area contributed by atoms with Crippen LogP contribution in [0.5, 0.6) is 0 Å². The molecule has 13 heavy (non-hydrogen) atoms. The van der Waals surface area contributed by atoms with Crippen molar-refractivity contribution >= 4 is 15.9 Å². The number of aromatic nitrogens is 1. The smallest absolute Gasteiger partial charge is 0.0823 e. The predicted molar refractivity (Wildman–Crippen MR) is 57.6 cm³/mol. The number of piperidine rings is 1. The average Bonchev–Trinajstić information content (AvgIpc) is 2.53. The van der Waals surface area contributed by atoms with Crippen LogP contribution in [0.1, 0.15) is 24.8 Å². The third-order valence-corrected chi connectivity index (χ3v) is 3.02. The van der Waals surface area contributed by atoms with E-state index in [4.69, 9.17) is 0 Å². The highest BCUT2D eigenvalue weighted by Gasteiger charge is 2.10. The second-order valence-electron chi connectivity index (χ2n) is 3.69. The minimum atomic E-state index is 1.08. The summed E-state index contributed by atoms with van der Waals surface area (Å²) in [5, 5.41) is 0. The van der Waals surface area contributed by atoms with Gasteiger partial charge in [-0.05, 0) is 53.5 Å². The van der Waals surface area contributed by atoms with Gasteiger partial charge in [-0.3, -0.25) is 4.90 Å². The molecule has 1 saturated heterocycles. The molecule has 0 amide bonds. The molecule has 0 bridgehead atoms. The van der Waals surface area contributed by atoms with Crippen molar-refractivity contribution in [3.8, 4) is 0 Å². The minimum absolute atomic E-state index is 1.08. The Labute approximate surface area is 87.5 Å². The summed E-state index contributed by atoms with van der Waals surface area (Å²) in [5.41, 5.74) is 1.38. The lowest BCUT2D eigenvalue weighted by Crippen LogP contribution is -2.28. The number of H-pyrrole nitrogens is 1. The maximum absolute atomic E-state index is 3.42. The van der Waals surface area contributed by atoms with Crippen molar-refractivity contribution < 1.29 is 0 Å². The molecule has 1 aliphatic heterocycles. The van der Waals surface area contributed by atoms with Crippen LogP contribution in [0.3, 0.4) is 0 Å². The van der Waals surface area contributed by atoms with E-state index in [2.05, 4.69) is 38.1 Å². The first-order chi connectivity index (χ1) is 6.34. The van der Waals surface area contributed by atoms with E-state index in [0.717, 1.165) is 11.1 Å². The summed E-state index contributed by atoms with van der Waals surface area (Å²) in [6.45, 7) is 3.63. The van der Waals surface area contributed by atoms with E-state index >= 15 is 0 Å². The summed E-state index contributed by atoms with van der Waals surface area (Å²) in [6, 6.07) is 2.16. The van der Waals surface area contributed by atoms with Gasteiger partial charge in [0.15, 0.2) is 0 Å². The van der Waals surface area contributed by atoms with Gasteiger partial charge in [0.1, 0.15) is 0 Å². The average molecular weight is 243 g/mol. The first-order valence-electron chi connectivity index (χ1n) is 4.90. The Kier molecular flexibility index (Phi) is 3.06. The SMILES string of the molecule is Brc1cc(CN2CCCCC2)c[nH]1. The van der Waals surface area contributed by atoms with E-state index in [-0.39, 0.29) is 0 Å². The van der Waals surface area contributed by atoms with Gasteiger partial charge in [-0.15, -0.1) is 0 Å². The molecule has 72 valence electrons. The quantitative estimate of drug-likeness (QED) is 0.846. The number of hydrogen-bond acceptors (Lipinski definition) is 1. The predicted octanol–water partition coefficient (Wildman–Crippen LogP) is 2.76. The standard InChI is InChI=1S/C10H15BrN2/c11-10-6-9(7-12-10)8-13-4-2-1-3-5-13/h6-7,12H,1-5,8H2. The first kappa shape index (κ1) is 9.28. The summed E-state index contributed by atoms with van der Waals surface area (Å²) in [6.07, 6.45) is 6.23. The van der Waals surface area contributed by atoms with Gasteiger partial charge in [0.2, 0.25) is 0 Å². The fourth-order valence-electron chi connectivity index (χ4n) is 1.87. The van der Waals surface area contributed by atoms with E-state index in [1.165, 1.54) is 37.9 Å². The molecule has 1 N–H and O–H groups in total. The van der Waals surface area contributed by atoms with Crippen LogP contribution >= 0.6 is 15.9 Å². The Hall–Kier alpha value is -0.280. The monoisotopic (exact) mass is 242 g/mol. The highest BCUT2D eigenvalue weighted by atomic mass is 79.9. The van der Waals surface area contributed by atoms with Crippen molar-refractivity contribution in [2.75, 3.05) is 13.1 Å². The van der Waals surface area contributed by atoms with Crippen LogP contribution in [0.15, 0.2) is 16.9 Å². The Bertz CT molecular complexity index is 264. The first-order valence-corrected chi connectivity index (χ1v) is 5.69. The van der Waals surface area contributed by atoms with Gasteiger partial charge in [-0.2, -0.15) is 0 Å². The number of rotatable bonds is 2. The third kappa shape index (κ3) is 2.58. The molecule has 2 heterocycles. The van der Waals surface area contributed by atoms with Crippen molar-refractivity contribution in [1.82, 2.24) is 9.88 Å². The third-order valence-electron chi connectivity index (χ3n) is 2.56. The summed E-state index contributed by atoms with van der Waals surface area (Å²) in [5.74, 6) is 0. The fourth-order valence-corrected chi connectivity index (χ4v) is 2.28. The maximum atomic E-state index is 3.42. The Morgan fingerprint density at radius 3 is 2.69 bits per heavy atom. The lowest BCUT2D eigenvalue weighted by Gasteiger charge is -2.25. The zero-order chi connectivity index (χ0) is 9.10.